The fourth-order valence-corrected chi connectivity index (χ4v) is 4.11. The minimum atomic E-state index is -0.114. The third-order valence-corrected chi connectivity index (χ3v) is 6.34. The van der Waals surface area contributed by atoms with Gasteiger partial charge in [0.1, 0.15) is 17.1 Å². The molecule has 1 aromatic carbocycles. The van der Waals surface area contributed by atoms with Crippen LogP contribution < -0.4 is 9.47 Å². The number of hydrogen-bond donors (Lipinski definition) is 0. The average Bonchev–Trinajstić information content (AvgIpc) is 2.78. The van der Waals surface area contributed by atoms with Gasteiger partial charge in [0.2, 0.25) is 0 Å². The maximum Gasteiger partial charge on any atom is 0.189 e. The average molecular weight is 471 g/mol. The van der Waals surface area contributed by atoms with Crippen LogP contribution in [0.15, 0.2) is 53.1 Å². The van der Waals surface area contributed by atoms with E-state index in [4.69, 9.17) is 18.9 Å². The minimum Gasteiger partial charge on any atom is -0.487 e. The molecule has 0 amide bonds. The van der Waals surface area contributed by atoms with Crippen molar-refractivity contribution >= 4 is 0 Å². The summed E-state index contributed by atoms with van der Waals surface area (Å²) in [5.41, 5.74) is 5.48. The van der Waals surface area contributed by atoms with E-state index in [1.54, 1.807) is 7.11 Å². The fourth-order valence-electron chi connectivity index (χ4n) is 4.11. The molecule has 4 heteroatoms. The highest BCUT2D eigenvalue weighted by Crippen LogP contribution is 2.37. The Morgan fingerprint density at radius 1 is 0.971 bits per heavy atom. The van der Waals surface area contributed by atoms with Gasteiger partial charge in [0, 0.05) is 7.11 Å². The molecule has 1 aliphatic rings. The van der Waals surface area contributed by atoms with Gasteiger partial charge in [0.05, 0.1) is 13.2 Å². The highest BCUT2D eigenvalue weighted by atomic mass is 16.7. The Kier molecular flexibility index (Phi) is 12.5. The number of benzene rings is 1. The number of aryl methyl sites for hydroxylation is 1. The first-order valence-electron chi connectivity index (χ1n) is 12.8. The van der Waals surface area contributed by atoms with Gasteiger partial charge < -0.3 is 18.9 Å². The van der Waals surface area contributed by atoms with Gasteiger partial charge in [-0.05, 0) is 110 Å². The van der Waals surface area contributed by atoms with Gasteiger partial charge in [-0.3, -0.25) is 0 Å². The lowest BCUT2D eigenvalue weighted by molar-refractivity contribution is -0.00870. The summed E-state index contributed by atoms with van der Waals surface area (Å²) in [6.07, 6.45) is 15.8. The normalized spacial score (nSPS) is 18.3. The van der Waals surface area contributed by atoms with Crippen molar-refractivity contribution in [2.75, 3.05) is 27.1 Å². The van der Waals surface area contributed by atoms with E-state index in [9.17, 15) is 0 Å². The summed E-state index contributed by atoms with van der Waals surface area (Å²) in [7, 11) is 1.66. The Morgan fingerprint density at radius 2 is 1.68 bits per heavy atom. The van der Waals surface area contributed by atoms with Crippen LogP contribution in [0, 0.1) is 0 Å². The maximum atomic E-state index is 6.43. The molecule has 4 nitrogen and oxygen atoms in total. The predicted molar refractivity (Wildman–Crippen MR) is 142 cm³/mol. The molecule has 0 fully saturated rings. The number of fused-ring (bicyclic) bond motifs is 1. The lowest BCUT2D eigenvalue weighted by Crippen LogP contribution is -2.36. The van der Waals surface area contributed by atoms with Crippen LogP contribution in [0.5, 0.6) is 11.5 Å². The highest BCUT2D eigenvalue weighted by Gasteiger charge is 2.31. The lowest BCUT2D eigenvalue weighted by atomic mass is 9.88. The van der Waals surface area contributed by atoms with Gasteiger partial charge in [0.15, 0.2) is 6.79 Å². The van der Waals surface area contributed by atoms with Crippen LogP contribution >= 0.6 is 0 Å². The van der Waals surface area contributed by atoms with Crippen molar-refractivity contribution in [2.45, 2.75) is 91.6 Å². The zero-order valence-corrected chi connectivity index (χ0v) is 22.4. The number of allylic oxidation sites excluding steroid dienone is 6. The van der Waals surface area contributed by atoms with Crippen LogP contribution in [0.2, 0.25) is 0 Å². The summed E-state index contributed by atoms with van der Waals surface area (Å²) in [5, 5.41) is 0. The monoisotopic (exact) mass is 470 g/mol. The molecule has 0 aromatic heterocycles. The van der Waals surface area contributed by atoms with Crippen LogP contribution in [-0.2, 0) is 15.9 Å². The number of methoxy groups -OCH3 is 1. The van der Waals surface area contributed by atoms with E-state index in [0.29, 0.717) is 13.2 Å². The lowest BCUT2D eigenvalue weighted by Gasteiger charge is -2.36. The second kappa shape index (κ2) is 15.1. The van der Waals surface area contributed by atoms with E-state index in [0.717, 1.165) is 56.4 Å². The first kappa shape index (κ1) is 28.2. The van der Waals surface area contributed by atoms with Gasteiger partial charge in [-0.15, -0.1) is 0 Å². The van der Waals surface area contributed by atoms with Crippen molar-refractivity contribution in [3.8, 4) is 11.5 Å². The van der Waals surface area contributed by atoms with E-state index in [-0.39, 0.29) is 12.4 Å². The van der Waals surface area contributed by atoms with Gasteiger partial charge in [-0.25, -0.2) is 0 Å². The maximum absolute atomic E-state index is 6.43. The summed E-state index contributed by atoms with van der Waals surface area (Å²) >= 11 is 0. The fraction of sp³-hybridized carbons (Fsp3) is 0.600. The van der Waals surface area contributed by atoms with Crippen molar-refractivity contribution in [1.29, 1.82) is 0 Å². The molecule has 0 spiro atoms. The van der Waals surface area contributed by atoms with E-state index < -0.39 is 0 Å². The standard InChI is InChI=1S/C30H46O4/c1-24(2)10-7-11-25(3)12-8-13-26(4)14-9-18-30(5)19-17-27-22-28(15-16-29(27)34-30)33-23-32-21-20-31-6/h10,12,14-16,22H,7-9,11,13,17-21,23H2,1-6H3/b25-12+,26-14+. The van der Waals surface area contributed by atoms with Gasteiger partial charge in [-0.2, -0.15) is 0 Å². The zero-order valence-electron chi connectivity index (χ0n) is 22.4. The van der Waals surface area contributed by atoms with Crippen molar-refractivity contribution in [3.63, 3.8) is 0 Å². The molecular formula is C30H46O4. The van der Waals surface area contributed by atoms with E-state index in [2.05, 4.69) is 58.9 Å². The van der Waals surface area contributed by atoms with Crippen LogP contribution in [0.1, 0.15) is 85.1 Å². The molecule has 0 radical (unpaired) electrons. The molecule has 1 aliphatic heterocycles. The van der Waals surface area contributed by atoms with Crippen molar-refractivity contribution in [1.82, 2.24) is 0 Å². The topological polar surface area (TPSA) is 36.9 Å². The van der Waals surface area contributed by atoms with Crippen molar-refractivity contribution < 1.29 is 18.9 Å². The van der Waals surface area contributed by atoms with E-state index in [1.165, 1.54) is 28.7 Å². The molecule has 1 unspecified atom stereocenters. The van der Waals surface area contributed by atoms with E-state index in [1.807, 2.05) is 12.1 Å². The zero-order chi connectivity index (χ0) is 24.8. The molecule has 0 aliphatic carbocycles. The molecule has 0 bridgehead atoms. The molecule has 0 saturated heterocycles. The molecule has 1 atom stereocenters. The summed E-state index contributed by atoms with van der Waals surface area (Å²) in [4.78, 5) is 0. The highest BCUT2D eigenvalue weighted by molar-refractivity contribution is 5.42. The molecule has 1 aromatic rings. The molecule has 1 heterocycles. The summed E-state index contributed by atoms with van der Waals surface area (Å²) in [5.74, 6) is 1.80. The Labute approximate surface area is 208 Å². The molecule has 0 N–H and O–H groups in total. The Balaban J connectivity index is 1.74. The second-order valence-corrected chi connectivity index (χ2v) is 9.98. The first-order valence-corrected chi connectivity index (χ1v) is 12.8. The van der Waals surface area contributed by atoms with Crippen molar-refractivity contribution in [2.24, 2.45) is 0 Å². The molecule has 190 valence electrons. The number of hydrogen-bond acceptors (Lipinski definition) is 4. The Morgan fingerprint density at radius 3 is 2.38 bits per heavy atom. The second-order valence-electron chi connectivity index (χ2n) is 9.98. The van der Waals surface area contributed by atoms with Gasteiger partial charge >= 0.3 is 0 Å². The Bertz CT molecular complexity index is 832. The molecule has 0 saturated carbocycles. The van der Waals surface area contributed by atoms with Crippen molar-refractivity contribution in [3.05, 3.63) is 58.7 Å². The number of rotatable bonds is 15. The molecular weight excluding hydrogens is 424 g/mol. The van der Waals surface area contributed by atoms with Crippen LogP contribution in [0.25, 0.3) is 0 Å². The smallest absolute Gasteiger partial charge is 0.189 e. The quantitative estimate of drug-likeness (QED) is 0.148. The number of ether oxygens (including phenoxy) is 4. The van der Waals surface area contributed by atoms with Crippen LogP contribution in [0.4, 0.5) is 0 Å². The summed E-state index contributed by atoms with van der Waals surface area (Å²) in [6, 6.07) is 6.07. The van der Waals surface area contributed by atoms with E-state index >= 15 is 0 Å². The Hall–Kier alpha value is -2.04. The van der Waals surface area contributed by atoms with Crippen LogP contribution in [-0.4, -0.2) is 32.7 Å². The summed E-state index contributed by atoms with van der Waals surface area (Å²) in [6.45, 7) is 12.4. The molecule has 34 heavy (non-hydrogen) atoms. The van der Waals surface area contributed by atoms with Gasteiger partial charge in [0.25, 0.3) is 0 Å². The molecule has 2 rings (SSSR count). The SMILES string of the molecule is COCCOCOc1ccc2c(c1)CCC(C)(CC/C=C(\C)CC/C=C(\C)CCC=C(C)C)O2. The largest absolute Gasteiger partial charge is 0.487 e. The third-order valence-electron chi connectivity index (χ3n) is 6.34. The first-order chi connectivity index (χ1) is 16.3. The third kappa shape index (κ3) is 10.9. The van der Waals surface area contributed by atoms with Crippen LogP contribution in [0.3, 0.4) is 0 Å². The van der Waals surface area contributed by atoms with Gasteiger partial charge in [-0.1, -0.05) is 34.9 Å². The predicted octanol–water partition coefficient (Wildman–Crippen LogP) is 7.97. The minimum absolute atomic E-state index is 0.114. The summed E-state index contributed by atoms with van der Waals surface area (Å²) < 4.78 is 22.5.